The monoisotopic (exact) mass is 338 g/mol. The van der Waals surface area contributed by atoms with E-state index in [0.717, 1.165) is 6.42 Å². The topological polar surface area (TPSA) is 3.88 Å². The molecule has 2 rings (SSSR count). The van der Waals surface area contributed by atoms with Gasteiger partial charge in [-0.1, -0.05) is 59.7 Å². The van der Waals surface area contributed by atoms with Gasteiger partial charge in [0.15, 0.2) is 6.20 Å². The first-order valence-electron chi connectivity index (χ1n) is 9.80. The van der Waals surface area contributed by atoms with Crippen LogP contribution in [0.4, 0.5) is 0 Å². The van der Waals surface area contributed by atoms with Crippen molar-refractivity contribution in [3.63, 3.8) is 0 Å². The molecule has 0 unspecified atom stereocenters. The zero-order valence-electron chi connectivity index (χ0n) is 17.5. The minimum atomic E-state index is 0.173. The molecule has 2 aromatic rings. The summed E-state index contributed by atoms with van der Waals surface area (Å²) >= 11 is 0. The Morgan fingerprint density at radius 2 is 1.48 bits per heavy atom. The van der Waals surface area contributed by atoms with E-state index in [1.165, 1.54) is 40.8 Å². The van der Waals surface area contributed by atoms with Crippen LogP contribution in [0.2, 0.25) is 0 Å². The summed E-state index contributed by atoms with van der Waals surface area (Å²) in [6, 6.07) is 11.2. The first-order chi connectivity index (χ1) is 11.7. The van der Waals surface area contributed by atoms with Crippen molar-refractivity contribution in [2.24, 2.45) is 7.05 Å². The van der Waals surface area contributed by atoms with Gasteiger partial charge < -0.3 is 0 Å². The van der Waals surface area contributed by atoms with Crippen LogP contribution in [-0.4, -0.2) is 0 Å². The zero-order valence-corrected chi connectivity index (χ0v) is 17.5. The third kappa shape index (κ3) is 3.66. The van der Waals surface area contributed by atoms with Crippen LogP contribution in [0.1, 0.15) is 77.5 Å². The van der Waals surface area contributed by atoms with Crippen LogP contribution in [0.5, 0.6) is 0 Å². The van der Waals surface area contributed by atoms with E-state index >= 15 is 0 Å². The van der Waals surface area contributed by atoms with E-state index in [2.05, 4.69) is 96.6 Å². The summed E-state index contributed by atoms with van der Waals surface area (Å²) in [4.78, 5) is 0. The van der Waals surface area contributed by atoms with Crippen molar-refractivity contribution in [2.75, 3.05) is 0 Å². The van der Waals surface area contributed by atoms with Crippen molar-refractivity contribution < 1.29 is 4.57 Å². The van der Waals surface area contributed by atoms with Gasteiger partial charge in [0, 0.05) is 17.2 Å². The second-order valence-corrected chi connectivity index (χ2v) is 8.42. The van der Waals surface area contributed by atoms with E-state index in [0.29, 0.717) is 0 Å². The molecule has 0 fully saturated rings. The van der Waals surface area contributed by atoms with Gasteiger partial charge >= 0.3 is 0 Å². The molecule has 1 aromatic carbocycles. The molecule has 25 heavy (non-hydrogen) atoms. The molecule has 0 aliphatic carbocycles. The summed E-state index contributed by atoms with van der Waals surface area (Å²) in [6.07, 6.45) is 5.88. The Kier molecular flexibility index (Phi) is 5.76. The summed E-state index contributed by atoms with van der Waals surface area (Å²) in [5.74, 6) is 0. The number of rotatable bonds is 6. The SMILES string of the molecule is CCC(C)(C)c1cc(-c2ccccc2C)[n+](C)cc1C(C)(CC)CC. The lowest BCUT2D eigenvalue weighted by atomic mass is 9.70. The Balaban J connectivity index is 2.81. The minimum Gasteiger partial charge on any atom is -0.201 e. The lowest BCUT2D eigenvalue weighted by Gasteiger charge is -2.34. The molecule has 0 amide bonds. The van der Waals surface area contributed by atoms with Gasteiger partial charge in [0.25, 0.3) is 0 Å². The van der Waals surface area contributed by atoms with Gasteiger partial charge in [-0.15, -0.1) is 0 Å². The van der Waals surface area contributed by atoms with Crippen molar-refractivity contribution in [3.05, 3.63) is 53.2 Å². The van der Waals surface area contributed by atoms with Gasteiger partial charge in [0.2, 0.25) is 5.69 Å². The van der Waals surface area contributed by atoms with Crippen LogP contribution >= 0.6 is 0 Å². The van der Waals surface area contributed by atoms with Crippen molar-refractivity contribution >= 4 is 0 Å². The highest BCUT2D eigenvalue weighted by atomic mass is 14.9. The van der Waals surface area contributed by atoms with E-state index in [4.69, 9.17) is 0 Å². The number of aryl methyl sites for hydroxylation is 2. The highest BCUT2D eigenvalue weighted by Crippen LogP contribution is 2.40. The molecule has 0 N–H and O–H groups in total. The normalized spacial score (nSPS) is 12.5. The first-order valence-corrected chi connectivity index (χ1v) is 9.80. The molecular formula is C24H36N+. The van der Waals surface area contributed by atoms with Crippen LogP contribution in [0.25, 0.3) is 11.3 Å². The molecule has 0 saturated heterocycles. The van der Waals surface area contributed by atoms with Gasteiger partial charge in [-0.2, -0.15) is 0 Å². The van der Waals surface area contributed by atoms with E-state index in [1.54, 1.807) is 0 Å². The average molecular weight is 339 g/mol. The maximum atomic E-state index is 2.46. The predicted octanol–water partition coefficient (Wildman–Crippen LogP) is 6.25. The highest BCUT2D eigenvalue weighted by Gasteiger charge is 2.34. The fraction of sp³-hybridized carbons (Fsp3) is 0.542. The molecule has 1 heterocycles. The van der Waals surface area contributed by atoms with Gasteiger partial charge in [0.1, 0.15) is 7.05 Å². The zero-order chi connectivity index (χ0) is 18.8. The van der Waals surface area contributed by atoms with Gasteiger partial charge in [-0.25, -0.2) is 4.57 Å². The first kappa shape index (κ1) is 19.7. The lowest BCUT2D eigenvalue weighted by Crippen LogP contribution is -2.37. The maximum Gasteiger partial charge on any atom is 0.212 e. The summed E-state index contributed by atoms with van der Waals surface area (Å²) in [5, 5.41) is 0. The Bertz CT molecular complexity index is 736. The molecule has 1 heteroatoms. The quantitative estimate of drug-likeness (QED) is 0.548. The van der Waals surface area contributed by atoms with Crippen LogP contribution in [-0.2, 0) is 17.9 Å². The minimum absolute atomic E-state index is 0.173. The summed E-state index contributed by atoms with van der Waals surface area (Å²) in [5.41, 5.74) is 7.41. The van der Waals surface area contributed by atoms with Gasteiger partial charge in [-0.05, 0) is 54.2 Å². The Morgan fingerprint density at radius 1 is 0.880 bits per heavy atom. The smallest absolute Gasteiger partial charge is 0.201 e. The number of aromatic nitrogens is 1. The molecule has 0 aliphatic rings. The van der Waals surface area contributed by atoms with Crippen LogP contribution < -0.4 is 4.57 Å². The summed E-state index contributed by atoms with van der Waals surface area (Å²) in [6.45, 7) is 16.3. The largest absolute Gasteiger partial charge is 0.212 e. The fourth-order valence-electron chi connectivity index (χ4n) is 3.64. The van der Waals surface area contributed by atoms with Crippen molar-refractivity contribution in [1.82, 2.24) is 0 Å². The Hall–Kier alpha value is -1.63. The van der Waals surface area contributed by atoms with Crippen LogP contribution in [0.3, 0.4) is 0 Å². The van der Waals surface area contributed by atoms with Gasteiger partial charge in [0.05, 0.1) is 0 Å². The highest BCUT2D eigenvalue weighted by molar-refractivity contribution is 5.62. The number of nitrogens with zero attached hydrogens (tertiary/aromatic N) is 1. The number of hydrogen-bond donors (Lipinski definition) is 0. The van der Waals surface area contributed by atoms with Crippen LogP contribution in [0, 0.1) is 6.92 Å². The van der Waals surface area contributed by atoms with Gasteiger partial charge in [-0.3, -0.25) is 0 Å². The molecule has 136 valence electrons. The fourth-order valence-corrected chi connectivity index (χ4v) is 3.64. The lowest BCUT2D eigenvalue weighted by molar-refractivity contribution is -0.661. The van der Waals surface area contributed by atoms with Crippen LogP contribution in [0.15, 0.2) is 36.5 Å². The molecular weight excluding hydrogens is 302 g/mol. The van der Waals surface area contributed by atoms with E-state index < -0.39 is 0 Å². The molecule has 0 atom stereocenters. The third-order valence-corrected chi connectivity index (χ3v) is 6.52. The molecule has 1 nitrogen and oxygen atoms in total. The predicted molar refractivity (Wildman–Crippen MR) is 109 cm³/mol. The maximum absolute atomic E-state index is 2.46. The van der Waals surface area contributed by atoms with Crippen molar-refractivity contribution in [2.45, 2.75) is 78.6 Å². The third-order valence-electron chi connectivity index (χ3n) is 6.52. The number of pyridine rings is 1. The molecule has 0 bridgehead atoms. The number of benzene rings is 1. The number of hydrogen-bond acceptors (Lipinski definition) is 0. The molecule has 0 saturated carbocycles. The van der Waals surface area contributed by atoms with Crippen molar-refractivity contribution in [3.8, 4) is 11.3 Å². The standard InChI is InChI=1S/C24H36N/c1-9-23(5,6)20-16-22(19-15-13-12-14-18(19)4)25(8)17-21(20)24(7,10-2)11-3/h12-17H,9-11H2,1-8H3/q+1. The summed E-state index contributed by atoms with van der Waals surface area (Å²) < 4.78 is 2.33. The second kappa shape index (κ2) is 7.32. The average Bonchev–Trinajstić information content (AvgIpc) is 2.61. The van der Waals surface area contributed by atoms with E-state index in [1.807, 2.05) is 0 Å². The molecule has 0 radical (unpaired) electrons. The van der Waals surface area contributed by atoms with Crippen molar-refractivity contribution in [1.29, 1.82) is 0 Å². The van der Waals surface area contributed by atoms with E-state index in [9.17, 15) is 0 Å². The molecule has 1 aromatic heterocycles. The Labute approximate surface area is 155 Å². The molecule has 0 aliphatic heterocycles. The Morgan fingerprint density at radius 3 is 2.00 bits per heavy atom. The molecule has 0 spiro atoms. The second-order valence-electron chi connectivity index (χ2n) is 8.42. The van der Waals surface area contributed by atoms with E-state index in [-0.39, 0.29) is 10.8 Å². The summed E-state index contributed by atoms with van der Waals surface area (Å²) in [7, 11) is 2.19.